The smallest absolute Gasteiger partial charge is 0.332 e. The Bertz CT molecular complexity index is 1430. The summed E-state index contributed by atoms with van der Waals surface area (Å²) in [6.07, 6.45) is 4.16. The summed E-state index contributed by atoms with van der Waals surface area (Å²) in [7, 11) is 1.67. The van der Waals surface area contributed by atoms with Crippen LogP contribution in [0.4, 0.5) is 0 Å². The second-order valence-corrected chi connectivity index (χ2v) is 8.63. The van der Waals surface area contributed by atoms with Crippen molar-refractivity contribution < 1.29 is 4.74 Å². The van der Waals surface area contributed by atoms with Crippen LogP contribution in [0.3, 0.4) is 0 Å². The summed E-state index contributed by atoms with van der Waals surface area (Å²) in [4.78, 5) is 31.3. The molecule has 0 spiro atoms. The molecule has 5 rings (SSSR count). The number of aromatic nitrogens is 5. The van der Waals surface area contributed by atoms with Gasteiger partial charge in [0.1, 0.15) is 0 Å². The largest absolute Gasteiger partial charge is 0.376 e. The summed E-state index contributed by atoms with van der Waals surface area (Å²) in [5.41, 5.74) is 4.28. The van der Waals surface area contributed by atoms with Crippen molar-refractivity contribution in [3.63, 3.8) is 0 Å². The Morgan fingerprint density at radius 2 is 1.97 bits per heavy atom. The van der Waals surface area contributed by atoms with E-state index < -0.39 is 0 Å². The number of aryl methyl sites for hydroxylation is 4. The molecule has 1 aliphatic heterocycles. The highest BCUT2D eigenvalue weighted by Gasteiger charge is 2.23. The molecule has 0 radical (unpaired) electrons. The van der Waals surface area contributed by atoms with Crippen LogP contribution in [-0.2, 0) is 24.9 Å². The lowest BCUT2D eigenvalue weighted by molar-refractivity contribution is 0.0974. The van der Waals surface area contributed by atoms with Crippen molar-refractivity contribution in [2.75, 3.05) is 6.61 Å². The van der Waals surface area contributed by atoms with Gasteiger partial charge in [0.15, 0.2) is 11.2 Å². The lowest BCUT2D eigenvalue weighted by Gasteiger charge is -2.12. The van der Waals surface area contributed by atoms with Crippen molar-refractivity contribution in [1.29, 1.82) is 0 Å². The number of nitrogens with zero attached hydrogens (tertiary/aromatic N) is 5. The zero-order chi connectivity index (χ0) is 21.9. The van der Waals surface area contributed by atoms with Gasteiger partial charge in [-0.05, 0) is 44.7 Å². The summed E-state index contributed by atoms with van der Waals surface area (Å²) in [5.74, 6) is 0.666. The molecule has 4 heterocycles. The average molecular weight is 422 g/mol. The van der Waals surface area contributed by atoms with Crippen molar-refractivity contribution in [1.82, 2.24) is 23.1 Å². The van der Waals surface area contributed by atoms with Crippen LogP contribution < -0.4 is 11.2 Å². The van der Waals surface area contributed by atoms with Crippen molar-refractivity contribution in [3.8, 4) is 0 Å². The van der Waals surface area contributed by atoms with Crippen molar-refractivity contribution in [2.45, 2.75) is 52.8 Å². The summed E-state index contributed by atoms with van der Waals surface area (Å²) in [5, 5.41) is 0. The van der Waals surface area contributed by atoms with Gasteiger partial charge in [0.2, 0.25) is 5.78 Å². The molecule has 1 atom stereocenters. The second kappa shape index (κ2) is 7.23. The third-order valence-electron chi connectivity index (χ3n) is 6.38. The van der Waals surface area contributed by atoms with E-state index in [2.05, 4.69) is 4.57 Å². The molecule has 0 N–H and O–H groups in total. The topological polar surface area (TPSA) is 75.5 Å². The van der Waals surface area contributed by atoms with Gasteiger partial charge < -0.3 is 9.30 Å². The normalized spacial score (nSPS) is 16.7. The van der Waals surface area contributed by atoms with E-state index in [9.17, 15) is 9.59 Å². The Labute approximate surface area is 179 Å². The van der Waals surface area contributed by atoms with Gasteiger partial charge >= 0.3 is 5.69 Å². The first-order chi connectivity index (χ1) is 14.8. The van der Waals surface area contributed by atoms with Crippen molar-refractivity contribution >= 4 is 16.9 Å². The third-order valence-corrected chi connectivity index (χ3v) is 6.38. The molecule has 0 saturated carbocycles. The number of hydrogen-bond acceptors (Lipinski definition) is 4. The Balaban J connectivity index is 1.70. The average Bonchev–Trinajstić information content (AvgIpc) is 3.44. The molecular formula is C23H27N5O3. The van der Waals surface area contributed by atoms with Gasteiger partial charge in [0, 0.05) is 25.5 Å². The molecular weight excluding hydrogens is 394 g/mol. The first-order valence-corrected chi connectivity index (χ1v) is 10.7. The van der Waals surface area contributed by atoms with E-state index in [1.807, 2.05) is 49.6 Å². The molecule has 8 heteroatoms. The minimum absolute atomic E-state index is 0.152. The van der Waals surface area contributed by atoms with E-state index in [1.54, 1.807) is 7.05 Å². The fraction of sp³-hybridized carbons (Fsp3) is 0.435. The molecule has 1 fully saturated rings. The van der Waals surface area contributed by atoms with Gasteiger partial charge in [-0.25, -0.2) is 4.79 Å². The second-order valence-electron chi connectivity index (χ2n) is 8.63. The molecule has 1 aromatic carbocycles. The van der Waals surface area contributed by atoms with Gasteiger partial charge in [-0.1, -0.05) is 23.8 Å². The van der Waals surface area contributed by atoms with Crippen molar-refractivity contribution in [2.24, 2.45) is 7.05 Å². The van der Waals surface area contributed by atoms with Crippen LogP contribution >= 0.6 is 0 Å². The lowest BCUT2D eigenvalue weighted by atomic mass is 10.1. The lowest BCUT2D eigenvalue weighted by Crippen LogP contribution is -2.39. The SMILES string of the molecule is Cc1ccc(C)c(Cn2c(=O)c3c(nc4n(CC5CCCO5)c(C)cn34)n(C)c2=O)c1. The number of benzene rings is 1. The monoisotopic (exact) mass is 421 g/mol. The van der Waals surface area contributed by atoms with E-state index >= 15 is 0 Å². The van der Waals surface area contributed by atoms with Crippen LogP contribution in [0.2, 0.25) is 0 Å². The fourth-order valence-corrected chi connectivity index (χ4v) is 4.55. The van der Waals surface area contributed by atoms with Crippen molar-refractivity contribution in [3.05, 3.63) is 67.6 Å². The minimum atomic E-state index is -0.360. The maximum atomic E-state index is 13.5. The maximum Gasteiger partial charge on any atom is 0.332 e. The van der Waals surface area contributed by atoms with E-state index in [1.165, 1.54) is 9.13 Å². The van der Waals surface area contributed by atoms with Gasteiger partial charge in [0.25, 0.3) is 5.56 Å². The molecule has 1 aliphatic rings. The summed E-state index contributed by atoms with van der Waals surface area (Å²) >= 11 is 0. The number of ether oxygens (including phenoxy) is 1. The molecule has 0 aliphatic carbocycles. The molecule has 4 aromatic rings. The summed E-state index contributed by atoms with van der Waals surface area (Å²) in [6.45, 7) is 7.72. The predicted octanol–water partition coefficient (Wildman–Crippen LogP) is 2.30. The Morgan fingerprint density at radius 3 is 2.71 bits per heavy atom. The number of fused-ring (bicyclic) bond motifs is 3. The molecule has 1 saturated heterocycles. The van der Waals surface area contributed by atoms with E-state index in [0.717, 1.165) is 41.8 Å². The third kappa shape index (κ3) is 3.13. The summed E-state index contributed by atoms with van der Waals surface area (Å²) in [6, 6.07) is 6.08. The molecule has 0 bridgehead atoms. The quantitative estimate of drug-likeness (QED) is 0.507. The Hall–Kier alpha value is -3.13. The molecule has 0 amide bonds. The molecule has 162 valence electrons. The fourth-order valence-electron chi connectivity index (χ4n) is 4.55. The van der Waals surface area contributed by atoms with Gasteiger partial charge in [-0.15, -0.1) is 0 Å². The summed E-state index contributed by atoms with van der Waals surface area (Å²) < 4.78 is 12.5. The predicted molar refractivity (Wildman–Crippen MR) is 119 cm³/mol. The van der Waals surface area contributed by atoms with Gasteiger partial charge in [-0.3, -0.25) is 18.3 Å². The van der Waals surface area contributed by atoms with Gasteiger partial charge in [0.05, 0.1) is 19.2 Å². The van der Waals surface area contributed by atoms with Gasteiger partial charge in [-0.2, -0.15) is 4.98 Å². The maximum absolute atomic E-state index is 13.5. The van der Waals surface area contributed by atoms with Crippen LogP contribution in [0.1, 0.15) is 35.2 Å². The van der Waals surface area contributed by atoms with Crippen LogP contribution in [0.5, 0.6) is 0 Å². The van der Waals surface area contributed by atoms with E-state index in [0.29, 0.717) is 23.5 Å². The molecule has 3 aromatic heterocycles. The molecule has 1 unspecified atom stereocenters. The molecule has 8 nitrogen and oxygen atoms in total. The van der Waals surface area contributed by atoms with E-state index in [-0.39, 0.29) is 23.9 Å². The Morgan fingerprint density at radius 1 is 1.16 bits per heavy atom. The highest BCUT2D eigenvalue weighted by Crippen LogP contribution is 2.20. The number of hydrogen-bond donors (Lipinski definition) is 0. The first-order valence-electron chi connectivity index (χ1n) is 10.7. The minimum Gasteiger partial charge on any atom is -0.376 e. The zero-order valence-electron chi connectivity index (χ0n) is 18.4. The van der Waals surface area contributed by atoms with E-state index in [4.69, 9.17) is 9.72 Å². The number of rotatable bonds is 4. The standard InChI is InChI=1S/C23H27N5O3/c1-14-7-8-15(2)17(10-14)12-28-21(29)19-20(25(4)23(28)30)24-22-26(16(3)11-27(19)22)13-18-6-5-9-31-18/h7-8,10-11,18H,5-6,9,12-13H2,1-4H3. The first kappa shape index (κ1) is 19.8. The number of imidazole rings is 2. The molecule has 31 heavy (non-hydrogen) atoms. The highest BCUT2D eigenvalue weighted by atomic mass is 16.5. The van der Waals surface area contributed by atoms with Crippen LogP contribution in [0, 0.1) is 20.8 Å². The zero-order valence-corrected chi connectivity index (χ0v) is 18.4. The Kier molecular flexibility index (Phi) is 4.62. The van der Waals surface area contributed by atoms with Crippen LogP contribution in [-0.4, -0.2) is 35.8 Å². The van der Waals surface area contributed by atoms with Crippen LogP contribution in [0.25, 0.3) is 16.9 Å². The highest BCUT2D eigenvalue weighted by molar-refractivity contribution is 5.75. The van der Waals surface area contributed by atoms with Crippen LogP contribution in [0.15, 0.2) is 34.0 Å².